The van der Waals surface area contributed by atoms with E-state index < -0.39 is 5.97 Å². The maximum Gasteiger partial charge on any atom is 0.340 e. The van der Waals surface area contributed by atoms with Crippen LogP contribution >= 0.6 is 0 Å². The van der Waals surface area contributed by atoms with Crippen LogP contribution in [0.2, 0.25) is 0 Å². The number of nitrogens with zero attached hydrogens (tertiary/aromatic N) is 1. The molecule has 144 valence electrons. The largest absolute Gasteiger partial charge is 0.488 e. The number of para-hydroxylation sites is 1. The number of hydrogen-bond acceptors (Lipinski definition) is 5. The molecule has 0 saturated heterocycles. The van der Waals surface area contributed by atoms with Crippen LogP contribution in [0.25, 0.3) is 0 Å². The van der Waals surface area contributed by atoms with Gasteiger partial charge in [-0.05, 0) is 31.5 Å². The number of hydrogen-bond donors (Lipinski definition) is 1. The van der Waals surface area contributed by atoms with Crippen molar-refractivity contribution in [2.75, 3.05) is 13.0 Å². The fourth-order valence-electron chi connectivity index (χ4n) is 3.13. The molecule has 0 atom stereocenters. The molecule has 0 bridgehead atoms. The van der Waals surface area contributed by atoms with E-state index in [-0.39, 0.29) is 16.9 Å². The van der Waals surface area contributed by atoms with Crippen LogP contribution in [-0.2, 0) is 11.3 Å². The zero-order valence-electron chi connectivity index (χ0n) is 16.1. The lowest BCUT2D eigenvalue weighted by Crippen LogP contribution is -2.13. The molecule has 3 aromatic rings. The standard InChI is InChI=1S/C22H22N2O4/c1-14-19(20(22(26)27-3)15(2)24(14)23)21(25)17-11-7-8-12-18(17)28-13-16-9-5-4-6-10-16/h4-12H,13,23H2,1-3H3. The van der Waals surface area contributed by atoms with Gasteiger partial charge in [0.1, 0.15) is 12.4 Å². The first-order valence-electron chi connectivity index (χ1n) is 8.81. The highest BCUT2D eigenvalue weighted by atomic mass is 16.5. The highest BCUT2D eigenvalue weighted by Gasteiger charge is 2.29. The first kappa shape index (κ1) is 19.2. The number of ketones is 1. The van der Waals surface area contributed by atoms with Crippen LogP contribution in [0.1, 0.15) is 43.2 Å². The third-order valence-corrected chi connectivity index (χ3v) is 4.68. The van der Waals surface area contributed by atoms with Gasteiger partial charge in [-0.3, -0.25) is 9.47 Å². The van der Waals surface area contributed by atoms with Crippen LogP contribution in [0.4, 0.5) is 0 Å². The quantitative estimate of drug-likeness (QED) is 0.404. The molecular formula is C22H22N2O4. The second-order valence-electron chi connectivity index (χ2n) is 6.38. The maximum absolute atomic E-state index is 13.3. The molecular weight excluding hydrogens is 356 g/mol. The van der Waals surface area contributed by atoms with Crippen molar-refractivity contribution < 1.29 is 19.1 Å². The summed E-state index contributed by atoms with van der Waals surface area (Å²) in [6.45, 7) is 3.69. The number of nitrogens with two attached hydrogens (primary N) is 1. The molecule has 0 spiro atoms. The monoisotopic (exact) mass is 378 g/mol. The highest BCUT2D eigenvalue weighted by molar-refractivity contribution is 6.17. The van der Waals surface area contributed by atoms with E-state index >= 15 is 0 Å². The Morgan fingerprint density at radius 1 is 0.929 bits per heavy atom. The molecule has 0 aliphatic heterocycles. The summed E-state index contributed by atoms with van der Waals surface area (Å²) >= 11 is 0. The molecule has 0 amide bonds. The second kappa shape index (κ2) is 8.00. The molecule has 0 aliphatic rings. The molecule has 6 heteroatoms. The van der Waals surface area contributed by atoms with Crippen molar-refractivity contribution in [3.8, 4) is 5.75 Å². The van der Waals surface area contributed by atoms with Crippen molar-refractivity contribution in [3.63, 3.8) is 0 Å². The van der Waals surface area contributed by atoms with Gasteiger partial charge in [-0.2, -0.15) is 0 Å². The van der Waals surface area contributed by atoms with Gasteiger partial charge in [-0.15, -0.1) is 0 Å². The third kappa shape index (κ3) is 3.49. The van der Waals surface area contributed by atoms with Gasteiger partial charge >= 0.3 is 5.97 Å². The number of rotatable bonds is 6. The number of aromatic nitrogens is 1. The van der Waals surface area contributed by atoms with E-state index in [9.17, 15) is 9.59 Å². The van der Waals surface area contributed by atoms with Crippen LogP contribution in [0.5, 0.6) is 5.75 Å². The summed E-state index contributed by atoms with van der Waals surface area (Å²) in [7, 11) is 1.27. The van der Waals surface area contributed by atoms with E-state index in [4.69, 9.17) is 15.3 Å². The lowest BCUT2D eigenvalue weighted by atomic mass is 9.98. The lowest BCUT2D eigenvalue weighted by Gasteiger charge is -2.12. The lowest BCUT2D eigenvalue weighted by molar-refractivity contribution is 0.0596. The van der Waals surface area contributed by atoms with Crippen molar-refractivity contribution in [2.45, 2.75) is 20.5 Å². The maximum atomic E-state index is 13.3. The first-order valence-corrected chi connectivity index (χ1v) is 8.81. The van der Waals surface area contributed by atoms with Crippen molar-refractivity contribution in [1.82, 2.24) is 4.68 Å². The van der Waals surface area contributed by atoms with Gasteiger partial charge in [0.25, 0.3) is 0 Å². The Bertz CT molecular complexity index is 1020. The smallest absolute Gasteiger partial charge is 0.340 e. The van der Waals surface area contributed by atoms with E-state index in [1.165, 1.54) is 11.8 Å². The minimum absolute atomic E-state index is 0.172. The van der Waals surface area contributed by atoms with Gasteiger partial charge < -0.3 is 15.3 Å². The van der Waals surface area contributed by atoms with E-state index in [1.54, 1.807) is 38.1 Å². The normalized spacial score (nSPS) is 10.5. The molecule has 1 heterocycles. The summed E-state index contributed by atoms with van der Waals surface area (Å²) in [4.78, 5) is 25.6. The van der Waals surface area contributed by atoms with E-state index in [1.807, 2.05) is 30.3 Å². The predicted molar refractivity (Wildman–Crippen MR) is 106 cm³/mol. The zero-order chi connectivity index (χ0) is 20.3. The van der Waals surface area contributed by atoms with Crippen LogP contribution in [0, 0.1) is 13.8 Å². The molecule has 2 N–H and O–H groups in total. The number of carbonyl (C=O) groups excluding carboxylic acids is 2. The molecule has 1 aromatic heterocycles. The number of benzene rings is 2. The average Bonchev–Trinajstić information content (AvgIpc) is 2.96. The number of ether oxygens (including phenoxy) is 2. The van der Waals surface area contributed by atoms with E-state index in [0.717, 1.165) is 5.56 Å². The summed E-state index contributed by atoms with van der Waals surface area (Å²) in [6.07, 6.45) is 0. The minimum Gasteiger partial charge on any atom is -0.488 e. The topological polar surface area (TPSA) is 83.6 Å². The van der Waals surface area contributed by atoms with Gasteiger partial charge in [0.15, 0.2) is 5.78 Å². The molecule has 0 unspecified atom stereocenters. The van der Waals surface area contributed by atoms with E-state index in [0.29, 0.717) is 29.3 Å². The Hall–Kier alpha value is -3.54. The summed E-state index contributed by atoms with van der Waals surface area (Å²) in [5.41, 5.74) is 2.70. The summed E-state index contributed by atoms with van der Waals surface area (Å²) in [5, 5.41) is 0. The Morgan fingerprint density at radius 2 is 1.54 bits per heavy atom. The van der Waals surface area contributed by atoms with Gasteiger partial charge in [-0.25, -0.2) is 4.79 Å². The molecule has 6 nitrogen and oxygen atoms in total. The third-order valence-electron chi connectivity index (χ3n) is 4.68. The molecule has 0 fully saturated rings. The summed E-state index contributed by atoms with van der Waals surface area (Å²) in [5.74, 6) is 5.51. The Balaban J connectivity index is 2.00. The van der Waals surface area contributed by atoms with Crippen molar-refractivity contribution >= 4 is 11.8 Å². The van der Waals surface area contributed by atoms with Crippen LogP contribution in [-0.4, -0.2) is 23.5 Å². The van der Waals surface area contributed by atoms with Gasteiger partial charge in [0.2, 0.25) is 0 Å². The summed E-state index contributed by atoms with van der Waals surface area (Å²) < 4.78 is 12.1. The Kier molecular flexibility index (Phi) is 5.49. The summed E-state index contributed by atoms with van der Waals surface area (Å²) in [6, 6.07) is 16.6. The van der Waals surface area contributed by atoms with Gasteiger partial charge in [0.05, 0.1) is 29.5 Å². The minimum atomic E-state index is -0.601. The second-order valence-corrected chi connectivity index (χ2v) is 6.38. The van der Waals surface area contributed by atoms with Crippen molar-refractivity contribution in [3.05, 3.63) is 88.2 Å². The predicted octanol–water partition coefficient (Wildman–Crippen LogP) is 3.42. The van der Waals surface area contributed by atoms with Gasteiger partial charge in [0, 0.05) is 5.69 Å². The number of methoxy groups -OCH3 is 1. The molecule has 3 rings (SSSR count). The molecule has 0 saturated carbocycles. The number of esters is 1. The first-order chi connectivity index (χ1) is 13.5. The SMILES string of the molecule is COC(=O)c1c(C(=O)c2ccccc2OCc2ccccc2)c(C)n(N)c1C. The average molecular weight is 378 g/mol. The molecule has 0 radical (unpaired) electrons. The highest BCUT2D eigenvalue weighted by Crippen LogP contribution is 2.28. The Morgan fingerprint density at radius 3 is 2.21 bits per heavy atom. The fraction of sp³-hybridized carbons (Fsp3) is 0.182. The van der Waals surface area contributed by atoms with Crippen LogP contribution in [0.3, 0.4) is 0 Å². The molecule has 2 aromatic carbocycles. The van der Waals surface area contributed by atoms with E-state index in [2.05, 4.69) is 0 Å². The van der Waals surface area contributed by atoms with Crippen molar-refractivity contribution in [1.29, 1.82) is 0 Å². The fourth-order valence-corrected chi connectivity index (χ4v) is 3.13. The van der Waals surface area contributed by atoms with Gasteiger partial charge in [-0.1, -0.05) is 42.5 Å². The van der Waals surface area contributed by atoms with Crippen molar-refractivity contribution in [2.24, 2.45) is 0 Å². The Labute approximate surface area is 163 Å². The van der Waals surface area contributed by atoms with Crippen LogP contribution in [0.15, 0.2) is 54.6 Å². The number of nitrogen functional groups attached to an aromatic ring is 1. The number of carbonyl (C=O) groups is 2. The molecule has 28 heavy (non-hydrogen) atoms. The van der Waals surface area contributed by atoms with Crippen LogP contribution < -0.4 is 10.6 Å². The zero-order valence-corrected chi connectivity index (χ0v) is 16.1. The molecule has 0 aliphatic carbocycles.